The number of hydrogen-bond acceptors (Lipinski definition) is 4. The summed E-state index contributed by atoms with van der Waals surface area (Å²) in [6, 6.07) is 44.2. The molecule has 5 atom stereocenters. The summed E-state index contributed by atoms with van der Waals surface area (Å²) < 4.78 is 22.1. The molecule has 340 valence electrons. The van der Waals surface area contributed by atoms with Gasteiger partial charge in [0.05, 0.1) is 31.0 Å². The van der Waals surface area contributed by atoms with Crippen LogP contribution in [-0.4, -0.2) is 52.8 Å². The lowest BCUT2D eigenvalue weighted by molar-refractivity contribution is -0.0170. The number of ether oxygens (including phenoxy) is 1. The first kappa shape index (κ1) is 48.1. The largest absolute Gasteiger partial charge is 0.404 e. The van der Waals surface area contributed by atoms with Crippen LogP contribution in [0.2, 0.25) is 10.1 Å². The molecule has 3 fully saturated rings. The van der Waals surface area contributed by atoms with Crippen molar-refractivity contribution in [3.05, 3.63) is 169 Å². The molecule has 4 nitrogen and oxygen atoms in total. The maximum Gasteiger partial charge on any atom is 0.261 e. The average molecular weight is 893 g/mol. The predicted molar refractivity (Wildman–Crippen MR) is 274 cm³/mol. The van der Waals surface area contributed by atoms with Crippen LogP contribution in [0.15, 0.2) is 169 Å². The van der Waals surface area contributed by atoms with E-state index in [4.69, 9.17) is 20.2 Å². The van der Waals surface area contributed by atoms with E-state index in [0.717, 1.165) is 44.1 Å². The van der Waals surface area contributed by atoms with Gasteiger partial charge >= 0.3 is 0 Å². The van der Waals surface area contributed by atoms with Gasteiger partial charge in [-0.25, -0.2) is 0 Å². The number of benzene rings is 4. The van der Waals surface area contributed by atoms with Crippen LogP contribution in [0.4, 0.5) is 0 Å². The van der Waals surface area contributed by atoms with Gasteiger partial charge in [-0.15, -0.1) is 0 Å². The Hall–Kier alpha value is -3.89. The number of rotatable bonds is 14. The quantitative estimate of drug-likeness (QED) is 0.101. The first-order valence-corrected chi connectivity index (χ1v) is 27.8. The van der Waals surface area contributed by atoms with Crippen molar-refractivity contribution < 1.29 is 18.7 Å². The highest BCUT2D eigenvalue weighted by molar-refractivity contribution is 7.00. The fourth-order valence-electron chi connectivity index (χ4n) is 11.9. The zero-order valence-corrected chi connectivity index (χ0v) is 42.5. The molecule has 0 spiro atoms. The van der Waals surface area contributed by atoms with E-state index < -0.39 is 22.2 Å². The minimum atomic E-state index is -2.96. The van der Waals surface area contributed by atoms with Gasteiger partial charge in [0.1, 0.15) is 0 Å². The second-order valence-corrected chi connectivity index (χ2v) is 30.6. The lowest BCUT2D eigenvalue weighted by Crippen LogP contribution is -2.69. The molecule has 4 aromatic carbocycles. The number of hydrogen-bond donors (Lipinski definition) is 1. The standard InChI is InChI=1S/C58H76O4Si2/c1-43(41-60-42-57(9,10)59)52-36-37-53-45(25-24-38-58(52,53)11)34-35-46-39-47(61-63(55(3,4)5,48-26-16-12-17-27-48)49-28-18-13-19-29-49)40-54(44(46)2)62-64(56(6,7)8,50-30-20-14-21-31-50)51-32-22-15-23-33-51/h12-23,26-35,47,52-54,59H,1-2,24-25,36-42H2,3-11H3/t47-,52-,53+,54+,58-/m1/s1. The van der Waals surface area contributed by atoms with E-state index in [1.165, 1.54) is 38.3 Å². The first-order chi connectivity index (χ1) is 30.3. The number of aliphatic hydroxyl groups is 1. The Morgan fingerprint density at radius 1 is 0.703 bits per heavy atom. The van der Waals surface area contributed by atoms with Crippen molar-refractivity contribution >= 4 is 37.4 Å². The zero-order valence-electron chi connectivity index (χ0n) is 40.5. The van der Waals surface area contributed by atoms with Gasteiger partial charge in [-0.3, -0.25) is 0 Å². The fourth-order valence-corrected chi connectivity index (χ4v) is 21.3. The van der Waals surface area contributed by atoms with E-state index in [2.05, 4.69) is 189 Å². The van der Waals surface area contributed by atoms with Crippen molar-refractivity contribution in [3.8, 4) is 0 Å². The Labute approximate surface area is 388 Å². The van der Waals surface area contributed by atoms with Crippen molar-refractivity contribution in [3.63, 3.8) is 0 Å². The molecule has 3 aliphatic carbocycles. The highest BCUT2D eigenvalue weighted by Gasteiger charge is 2.55. The first-order valence-electron chi connectivity index (χ1n) is 23.9. The molecule has 1 N–H and O–H groups in total. The number of fused-ring (bicyclic) bond motifs is 1. The number of allylic oxidation sites excluding steroid dienone is 3. The second kappa shape index (κ2) is 19.1. The third-order valence-electron chi connectivity index (χ3n) is 14.9. The van der Waals surface area contributed by atoms with E-state index in [1.807, 2.05) is 0 Å². The Bertz CT molecular complexity index is 2180. The predicted octanol–water partition coefficient (Wildman–Crippen LogP) is 11.6. The van der Waals surface area contributed by atoms with Crippen molar-refractivity contribution in [2.75, 3.05) is 13.2 Å². The van der Waals surface area contributed by atoms with Crippen LogP contribution in [0.1, 0.15) is 107 Å². The molecule has 3 aliphatic rings. The summed E-state index contributed by atoms with van der Waals surface area (Å²) in [5, 5.41) is 15.1. The molecule has 0 heterocycles. The third kappa shape index (κ3) is 9.66. The van der Waals surface area contributed by atoms with Crippen LogP contribution >= 0.6 is 0 Å². The molecule has 0 radical (unpaired) electrons. The van der Waals surface area contributed by atoms with Gasteiger partial charge in [-0.1, -0.05) is 201 Å². The summed E-state index contributed by atoms with van der Waals surface area (Å²) in [5.74, 6) is 0.882. The fraction of sp³-hybridized carbons (Fsp3) is 0.448. The topological polar surface area (TPSA) is 47.9 Å². The second-order valence-electron chi connectivity index (χ2n) is 22.1. The van der Waals surface area contributed by atoms with Gasteiger partial charge < -0.3 is 18.7 Å². The van der Waals surface area contributed by atoms with E-state index >= 15 is 0 Å². The normalized spacial score (nSPS) is 24.8. The van der Waals surface area contributed by atoms with Crippen LogP contribution in [0.5, 0.6) is 0 Å². The zero-order chi connectivity index (χ0) is 46.0. The van der Waals surface area contributed by atoms with Crippen LogP contribution in [0, 0.1) is 17.3 Å². The van der Waals surface area contributed by atoms with E-state index in [1.54, 1.807) is 19.4 Å². The van der Waals surface area contributed by atoms with Gasteiger partial charge in [0.2, 0.25) is 0 Å². The van der Waals surface area contributed by atoms with E-state index in [-0.39, 0.29) is 27.7 Å². The summed E-state index contributed by atoms with van der Waals surface area (Å²) in [5.41, 5.74) is 4.29. The Balaban J connectivity index is 1.32. The minimum absolute atomic E-state index is 0.107. The lowest BCUT2D eigenvalue weighted by atomic mass is 9.62. The minimum Gasteiger partial charge on any atom is -0.404 e. The monoisotopic (exact) mass is 893 g/mol. The summed E-state index contributed by atoms with van der Waals surface area (Å²) >= 11 is 0. The van der Waals surface area contributed by atoms with Crippen LogP contribution < -0.4 is 20.7 Å². The maximum absolute atomic E-state index is 10.3. The lowest BCUT2D eigenvalue weighted by Gasteiger charge is -2.49. The molecule has 0 aromatic heterocycles. The molecule has 0 aliphatic heterocycles. The Kier molecular flexibility index (Phi) is 14.4. The highest BCUT2D eigenvalue weighted by atomic mass is 28.4. The van der Waals surface area contributed by atoms with Crippen molar-refractivity contribution in [2.45, 2.75) is 135 Å². The molecule has 3 saturated carbocycles. The third-order valence-corrected chi connectivity index (χ3v) is 25.1. The molecular formula is C58H76O4Si2. The molecule has 4 aromatic rings. The van der Waals surface area contributed by atoms with Crippen LogP contribution in [0.3, 0.4) is 0 Å². The smallest absolute Gasteiger partial charge is 0.261 e. The molecule has 0 unspecified atom stereocenters. The highest BCUT2D eigenvalue weighted by Crippen LogP contribution is 2.59. The van der Waals surface area contributed by atoms with Gasteiger partial charge in [0, 0.05) is 6.42 Å². The SMILES string of the molecule is C=C1C(=CC=C2CCC[C@]3(C)[C@@H](C(=C)COCC(C)(C)O)CC[C@@H]23)C[C@@H](O[Si](c2ccccc2)(c2ccccc2)C(C)(C)C)C[C@@H]1O[Si](c1ccccc1)(c1ccccc1)C(C)(C)C. The van der Waals surface area contributed by atoms with Crippen molar-refractivity contribution in [1.29, 1.82) is 0 Å². The molecular weight excluding hydrogens is 817 g/mol. The van der Waals surface area contributed by atoms with Crippen LogP contribution in [0.25, 0.3) is 0 Å². The van der Waals surface area contributed by atoms with Gasteiger partial charge in [0.25, 0.3) is 16.6 Å². The van der Waals surface area contributed by atoms with Gasteiger partial charge in [-0.05, 0) is 117 Å². The molecule has 64 heavy (non-hydrogen) atoms. The molecule has 7 rings (SSSR count). The molecule has 6 heteroatoms. The Morgan fingerprint density at radius 3 is 1.62 bits per heavy atom. The van der Waals surface area contributed by atoms with Gasteiger partial charge in [-0.2, -0.15) is 0 Å². The van der Waals surface area contributed by atoms with E-state index in [9.17, 15) is 5.11 Å². The summed E-state index contributed by atoms with van der Waals surface area (Å²) in [7, 11) is -5.87. The summed E-state index contributed by atoms with van der Waals surface area (Å²) in [4.78, 5) is 0. The average Bonchev–Trinajstić information content (AvgIpc) is 3.62. The van der Waals surface area contributed by atoms with Crippen LogP contribution in [-0.2, 0) is 13.6 Å². The maximum atomic E-state index is 10.3. The summed E-state index contributed by atoms with van der Waals surface area (Å²) in [6.45, 7) is 30.7. The van der Waals surface area contributed by atoms with Crippen molar-refractivity contribution in [2.24, 2.45) is 17.3 Å². The summed E-state index contributed by atoms with van der Waals surface area (Å²) in [6.07, 6.45) is 11.8. The van der Waals surface area contributed by atoms with Gasteiger partial charge in [0.15, 0.2) is 0 Å². The molecule has 0 amide bonds. The Morgan fingerprint density at radius 2 is 1.17 bits per heavy atom. The van der Waals surface area contributed by atoms with Crippen molar-refractivity contribution in [1.82, 2.24) is 0 Å². The molecule has 0 saturated heterocycles. The van der Waals surface area contributed by atoms with E-state index in [0.29, 0.717) is 25.0 Å². The molecule has 0 bridgehead atoms.